The molecular weight excluding hydrogens is 334 g/mol. The van der Waals surface area contributed by atoms with Gasteiger partial charge in [0.1, 0.15) is 17.9 Å². The van der Waals surface area contributed by atoms with Crippen LogP contribution in [0.1, 0.15) is 47.3 Å². The summed E-state index contributed by atoms with van der Waals surface area (Å²) < 4.78 is 10.9. The summed E-state index contributed by atoms with van der Waals surface area (Å²) in [6, 6.07) is 1.81. The van der Waals surface area contributed by atoms with Crippen molar-refractivity contribution < 1.29 is 13.7 Å². The van der Waals surface area contributed by atoms with Crippen LogP contribution in [0.15, 0.2) is 21.3 Å². The van der Waals surface area contributed by atoms with Gasteiger partial charge in [-0.1, -0.05) is 5.16 Å². The Morgan fingerprint density at radius 1 is 1.35 bits per heavy atom. The van der Waals surface area contributed by atoms with Crippen LogP contribution in [0.2, 0.25) is 0 Å². The number of nitrogens with one attached hydrogen (secondary N) is 1. The lowest BCUT2D eigenvalue weighted by Gasteiger charge is -2.16. The number of hydrogen-bond donors (Lipinski definition) is 1. The summed E-state index contributed by atoms with van der Waals surface area (Å²) in [5.41, 5.74) is 1.70. The van der Waals surface area contributed by atoms with E-state index in [1.54, 1.807) is 18.9 Å². The van der Waals surface area contributed by atoms with Gasteiger partial charge in [-0.3, -0.25) is 4.79 Å². The number of anilines is 1. The summed E-state index contributed by atoms with van der Waals surface area (Å²) in [5, 5.41) is 7.91. The molecule has 26 heavy (non-hydrogen) atoms. The molecule has 0 radical (unpaired) electrons. The SMILES string of the molecule is Cc1cc(CN(C)C(=O)c2c(C)oc3ncnc(NC4(C)CC4)c23)on1. The van der Waals surface area contributed by atoms with Crippen molar-refractivity contribution >= 4 is 22.8 Å². The molecule has 1 fully saturated rings. The van der Waals surface area contributed by atoms with Gasteiger partial charge >= 0.3 is 0 Å². The molecule has 0 atom stereocenters. The van der Waals surface area contributed by atoms with E-state index in [0.717, 1.165) is 18.5 Å². The van der Waals surface area contributed by atoms with Crippen molar-refractivity contribution in [1.82, 2.24) is 20.0 Å². The molecule has 1 aliphatic carbocycles. The first-order chi connectivity index (χ1) is 12.4. The van der Waals surface area contributed by atoms with E-state index < -0.39 is 0 Å². The van der Waals surface area contributed by atoms with E-state index in [9.17, 15) is 4.79 Å². The molecule has 1 saturated carbocycles. The smallest absolute Gasteiger partial charge is 0.258 e. The molecule has 0 aliphatic heterocycles. The molecule has 1 N–H and O–H groups in total. The number of nitrogens with zero attached hydrogens (tertiary/aromatic N) is 4. The Kier molecular flexibility index (Phi) is 3.71. The maximum atomic E-state index is 13.1. The molecule has 8 heteroatoms. The number of furan rings is 1. The Hall–Kier alpha value is -2.90. The molecule has 0 bridgehead atoms. The number of rotatable bonds is 5. The predicted molar refractivity (Wildman–Crippen MR) is 94.8 cm³/mol. The van der Waals surface area contributed by atoms with E-state index in [4.69, 9.17) is 8.94 Å². The van der Waals surface area contributed by atoms with Crippen molar-refractivity contribution in [2.24, 2.45) is 0 Å². The quantitative estimate of drug-likeness (QED) is 0.751. The van der Waals surface area contributed by atoms with Crippen molar-refractivity contribution in [2.75, 3.05) is 12.4 Å². The second kappa shape index (κ2) is 5.82. The van der Waals surface area contributed by atoms with E-state index in [1.807, 2.05) is 13.0 Å². The molecule has 1 amide bonds. The van der Waals surface area contributed by atoms with Crippen molar-refractivity contribution in [2.45, 2.75) is 45.7 Å². The molecule has 3 heterocycles. The van der Waals surface area contributed by atoms with Gasteiger partial charge in [-0.25, -0.2) is 9.97 Å². The molecule has 4 rings (SSSR count). The second-order valence-corrected chi connectivity index (χ2v) is 7.22. The van der Waals surface area contributed by atoms with Gasteiger partial charge < -0.3 is 19.2 Å². The van der Waals surface area contributed by atoms with Crippen molar-refractivity contribution in [3.8, 4) is 0 Å². The Bertz CT molecular complexity index is 986. The van der Waals surface area contributed by atoms with Crippen LogP contribution in [0.5, 0.6) is 0 Å². The molecule has 3 aromatic rings. The Morgan fingerprint density at radius 3 is 2.77 bits per heavy atom. The van der Waals surface area contributed by atoms with Gasteiger partial charge in [0.15, 0.2) is 5.76 Å². The second-order valence-electron chi connectivity index (χ2n) is 7.22. The summed E-state index contributed by atoms with van der Waals surface area (Å²) in [7, 11) is 1.72. The summed E-state index contributed by atoms with van der Waals surface area (Å²) in [6.07, 6.45) is 3.60. The lowest BCUT2D eigenvalue weighted by Crippen LogP contribution is -2.27. The largest absolute Gasteiger partial charge is 0.442 e. The summed E-state index contributed by atoms with van der Waals surface area (Å²) in [5.74, 6) is 1.62. The van der Waals surface area contributed by atoms with Crippen LogP contribution in [0.3, 0.4) is 0 Å². The Labute approximate surface area is 150 Å². The van der Waals surface area contributed by atoms with Gasteiger partial charge in [-0.15, -0.1) is 0 Å². The van der Waals surface area contributed by atoms with Crippen LogP contribution in [0.25, 0.3) is 11.1 Å². The highest BCUT2D eigenvalue weighted by Crippen LogP contribution is 2.40. The van der Waals surface area contributed by atoms with E-state index in [-0.39, 0.29) is 11.4 Å². The molecule has 1 aliphatic rings. The molecule has 0 aromatic carbocycles. The summed E-state index contributed by atoms with van der Waals surface area (Å²) >= 11 is 0. The monoisotopic (exact) mass is 355 g/mol. The predicted octanol–water partition coefficient (Wildman–Crippen LogP) is 3.06. The number of aryl methyl sites for hydroxylation is 2. The van der Waals surface area contributed by atoms with E-state index in [0.29, 0.717) is 40.5 Å². The zero-order valence-corrected chi connectivity index (χ0v) is 15.3. The zero-order valence-electron chi connectivity index (χ0n) is 15.3. The van der Waals surface area contributed by atoms with Gasteiger partial charge in [0.25, 0.3) is 5.91 Å². The molecule has 136 valence electrons. The molecular formula is C18H21N5O3. The van der Waals surface area contributed by atoms with Gasteiger partial charge in [0.2, 0.25) is 5.71 Å². The van der Waals surface area contributed by atoms with Crippen LogP contribution in [-0.2, 0) is 6.54 Å². The highest BCUT2D eigenvalue weighted by Gasteiger charge is 2.38. The minimum atomic E-state index is -0.172. The molecule has 8 nitrogen and oxygen atoms in total. The van der Waals surface area contributed by atoms with E-state index in [2.05, 4.69) is 27.4 Å². The average molecular weight is 355 g/mol. The molecule has 0 spiro atoms. The number of fused-ring (bicyclic) bond motifs is 1. The minimum Gasteiger partial charge on any atom is -0.442 e. The third-order valence-corrected chi connectivity index (χ3v) is 4.71. The minimum absolute atomic E-state index is 0.0239. The number of hydrogen-bond acceptors (Lipinski definition) is 7. The molecule has 0 unspecified atom stereocenters. The van der Waals surface area contributed by atoms with Crippen LogP contribution in [0.4, 0.5) is 5.82 Å². The number of carbonyl (C=O) groups excluding carboxylic acids is 1. The summed E-state index contributed by atoms with van der Waals surface area (Å²) in [6.45, 7) is 6.06. The van der Waals surface area contributed by atoms with Crippen molar-refractivity contribution in [3.63, 3.8) is 0 Å². The fraction of sp³-hybridized carbons (Fsp3) is 0.444. The number of amides is 1. The highest BCUT2D eigenvalue weighted by molar-refractivity contribution is 6.10. The lowest BCUT2D eigenvalue weighted by atomic mass is 10.1. The topological polar surface area (TPSA) is 97.3 Å². The normalized spacial score (nSPS) is 15.2. The van der Waals surface area contributed by atoms with E-state index >= 15 is 0 Å². The van der Waals surface area contributed by atoms with Gasteiger partial charge in [-0.05, 0) is 33.6 Å². The average Bonchev–Trinajstić information content (AvgIpc) is 3.00. The summed E-state index contributed by atoms with van der Waals surface area (Å²) in [4.78, 5) is 23.2. The van der Waals surface area contributed by atoms with Crippen LogP contribution < -0.4 is 5.32 Å². The molecule has 3 aromatic heterocycles. The number of carbonyl (C=O) groups is 1. The van der Waals surface area contributed by atoms with E-state index in [1.165, 1.54) is 6.33 Å². The maximum Gasteiger partial charge on any atom is 0.258 e. The third-order valence-electron chi connectivity index (χ3n) is 4.71. The fourth-order valence-electron chi connectivity index (χ4n) is 2.98. The van der Waals surface area contributed by atoms with Gasteiger partial charge in [0, 0.05) is 18.7 Å². The van der Waals surface area contributed by atoms with Gasteiger partial charge in [-0.2, -0.15) is 0 Å². The van der Waals surface area contributed by atoms with Crippen molar-refractivity contribution in [3.05, 3.63) is 35.2 Å². The first-order valence-corrected chi connectivity index (χ1v) is 8.56. The van der Waals surface area contributed by atoms with Crippen LogP contribution >= 0.6 is 0 Å². The highest BCUT2D eigenvalue weighted by atomic mass is 16.5. The first kappa shape index (κ1) is 16.6. The third kappa shape index (κ3) is 2.91. The first-order valence-electron chi connectivity index (χ1n) is 8.56. The van der Waals surface area contributed by atoms with Crippen molar-refractivity contribution in [1.29, 1.82) is 0 Å². The Morgan fingerprint density at radius 2 is 2.12 bits per heavy atom. The van der Waals surface area contributed by atoms with Gasteiger partial charge in [0.05, 0.1) is 23.2 Å². The lowest BCUT2D eigenvalue weighted by molar-refractivity contribution is 0.0772. The fourth-order valence-corrected chi connectivity index (χ4v) is 2.98. The zero-order chi connectivity index (χ0) is 18.5. The molecule has 0 saturated heterocycles. The maximum absolute atomic E-state index is 13.1. The van der Waals surface area contributed by atoms with Crippen LogP contribution in [-0.4, -0.2) is 38.5 Å². The Balaban J connectivity index is 1.70. The van der Waals surface area contributed by atoms with Crippen LogP contribution in [0, 0.1) is 13.8 Å². The standard InChI is InChI=1S/C18H21N5O3/c1-10-7-12(26-22-10)8-23(4)17(24)13-11(2)25-16-14(13)15(19-9-20-16)21-18(3)5-6-18/h7,9H,5-6,8H2,1-4H3,(H,19,20,21). The number of aromatic nitrogens is 3.